The fourth-order valence-electron chi connectivity index (χ4n) is 1.26. The molecule has 0 saturated heterocycles. The van der Waals surface area contributed by atoms with Gasteiger partial charge in [0, 0.05) is 29.8 Å². The fourth-order valence-corrected chi connectivity index (χ4v) is 2.32. The molecule has 1 heterocycles. The molecule has 0 amide bonds. The van der Waals surface area contributed by atoms with Crippen LogP contribution in [0.1, 0.15) is 11.5 Å². The molecule has 2 aromatic rings. The Hall–Kier alpha value is -1.60. The topological polar surface area (TPSA) is 82.1 Å². The summed E-state index contributed by atoms with van der Waals surface area (Å²) in [6.45, 7) is 1.69. The summed E-state index contributed by atoms with van der Waals surface area (Å²) in [7, 11) is 0. The molecule has 6 nitrogen and oxygen atoms in total. The lowest BCUT2D eigenvalue weighted by Crippen LogP contribution is -1.90. The first-order valence-electron chi connectivity index (χ1n) is 4.92. The van der Waals surface area contributed by atoms with Crippen molar-refractivity contribution in [3.63, 3.8) is 0 Å². The molecule has 1 aromatic heterocycles. The summed E-state index contributed by atoms with van der Waals surface area (Å²) >= 11 is 7.25. The van der Waals surface area contributed by atoms with Gasteiger partial charge in [0.25, 0.3) is 10.9 Å². The van der Waals surface area contributed by atoms with E-state index in [2.05, 4.69) is 10.2 Å². The first kappa shape index (κ1) is 12.8. The Morgan fingerprint density at radius 2 is 2.28 bits per heavy atom. The van der Waals surface area contributed by atoms with E-state index >= 15 is 0 Å². The Morgan fingerprint density at radius 3 is 2.89 bits per heavy atom. The van der Waals surface area contributed by atoms with Crippen molar-refractivity contribution in [2.75, 3.05) is 0 Å². The summed E-state index contributed by atoms with van der Waals surface area (Å²) in [5.41, 5.74) is 0.670. The van der Waals surface area contributed by atoms with E-state index in [1.165, 1.54) is 30.0 Å². The Bertz CT molecular complexity index is 587. The number of aryl methyl sites for hydroxylation is 1. The summed E-state index contributed by atoms with van der Waals surface area (Å²) in [6, 6.07) is 4.32. The molecule has 94 valence electrons. The van der Waals surface area contributed by atoms with Crippen LogP contribution in [0.15, 0.2) is 27.8 Å². The summed E-state index contributed by atoms with van der Waals surface area (Å²) in [5.74, 6) is 0.907. The van der Waals surface area contributed by atoms with E-state index in [1.54, 1.807) is 6.92 Å². The highest BCUT2D eigenvalue weighted by atomic mass is 35.5. The molecule has 0 atom stereocenters. The van der Waals surface area contributed by atoms with Gasteiger partial charge in [-0.25, -0.2) is 0 Å². The van der Waals surface area contributed by atoms with Crippen molar-refractivity contribution in [1.29, 1.82) is 0 Å². The van der Waals surface area contributed by atoms with Gasteiger partial charge in [-0.15, -0.1) is 10.2 Å². The third kappa shape index (κ3) is 2.99. The van der Waals surface area contributed by atoms with E-state index in [9.17, 15) is 10.1 Å². The molecular formula is C10H8ClN3O3S. The van der Waals surface area contributed by atoms with Crippen LogP contribution >= 0.6 is 23.4 Å². The molecule has 0 spiro atoms. The van der Waals surface area contributed by atoms with Gasteiger partial charge in [0.15, 0.2) is 0 Å². The van der Waals surface area contributed by atoms with Crippen molar-refractivity contribution in [3.8, 4) is 0 Å². The fraction of sp³-hybridized carbons (Fsp3) is 0.200. The molecule has 0 fully saturated rings. The van der Waals surface area contributed by atoms with Crippen LogP contribution in [0, 0.1) is 17.0 Å². The number of benzene rings is 1. The van der Waals surface area contributed by atoms with Gasteiger partial charge in [0.05, 0.1) is 4.92 Å². The molecule has 8 heteroatoms. The Kier molecular flexibility index (Phi) is 3.83. The van der Waals surface area contributed by atoms with Crippen LogP contribution in [0.25, 0.3) is 0 Å². The minimum atomic E-state index is -0.457. The third-order valence-corrected chi connectivity index (χ3v) is 3.33. The van der Waals surface area contributed by atoms with Crippen molar-refractivity contribution in [2.24, 2.45) is 0 Å². The van der Waals surface area contributed by atoms with E-state index in [4.69, 9.17) is 16.0 Å². The lowest BCUT2D eigenvalue weighted by Gasteiger charge is -2.01. The number of halogens is 1. The van der Waals surface area contributed by atoms with Crippen molar-refractivity contribution in [3.05, 3.63) is 44.8 Å². The SMILES string of the molecule is Cc1nnc(SCc2cc([N+](=O)[O-])ccc2Cl)o1. The lowest BCUT2D eigenvalue weighted by atomic mass is 10.2. The monoisotopic (exact) mass is 285 g/mol. The van der Waals surface area contributed by atoms with Crippen molar-refractivity contribution < 1.29 is 9.34 Å². The first-order valence-corrected chi connectivity index (χ1v) is 6.28. The molecule has 0 aliphatic heterocycles. The number of thioether (sulfide) groups is 1. The Labute approximate surface area is 111 Å². The number of nitrogens with zero attached hydrogens (tertiary/aromatic N) is 3. The maximum atomic E-state index is 10.7. The predicted octanol–water partition coefficient (Wildman–Crippen LogP) is 3.23. The largest absolute Gasteiger partial charge is 0.416 e. The van der Waals surface area contributed by atoms with Gasteiger partial charge >= 0.3 is 0 Å². The van der Waals surface area contributed by atoms with Gasteiger partial charge in [0.1, 0.15) is 0 Å². The lowest BCUT2D eigenvalue weighted by molar-refractivity contribution is -0.384. The van der Waals surface area contributed by atoms with Gasteiger partial charge in [-0.05, 0) is 11.6 Å². The van der Waals surface area contributed by atoms with Crippen LogP contribution < -0.4 is 0 Å². The molecule has 0 N–H and O–H groups in total. The smallest absolute Gasteiger partial charge is 0.276 e. The number of hydrogen-bond donors (Lipinski definition) is 0. The van der Waals surface area contributed by atoms with Crippen LogP contribution in [-0.2, 0) is 5.75 Å². The van der Waals surface area contributed by atoms with Crippen LogP contribution in [-0.4, -0.2) is 15.1 Å². The molecule has 0 unspecified atom stereocenters. The van der Waals surface area contributed by atoms with Gasteiger partial charge in [0.2, 0.25) is 5.89 Å². The van der Waals surface area contributed by atoms with Gasteiger partial charge in [-0.3, -0.25) is 10.1 Å². The van der Waals surface area contributed by atoms with E-state index in [-0.39, 0.29) is 5.69 Å². The molecule has 0 aliphatic carbocycles. The number of hydrogen-bond acceptors (Lipinski definition) is 6. The van der Waals surface area contributed by atoms with Crippen LogP contribution in [0.3, 0.4) is 0 Å². The normalized spacial score (nSPS) is 10.6. The second-order valence-corrected chi connectivity index (χ2v) is 4.74. The maximum Gasteiger partial charge on any atom is 0.276 e. The summed E-state index contributed by atoms with van der Waals surface area (Å²) < 4.78 is 5.19. The zero-order chi connectivity index (χ0) is 13.1. The van der Waals surface area contributed by atoms with Crippen LogP contribution in [0.5, 0.6) is 0 Å². The number of non-ortho nitro benzene ring substituents is 1. The quantitative estimate of drug-likeness (QED) is 0.487. The van der Waals surface area contributed by atoms with Crippen LogP contribution in [0.2, 0.25) is 5.02 Å². The molecule has 1 aromatic carbocycles. The zero-order valence-electron chi connectivity index (χ0n) is 9.29. The second kappa shape index (κ2) is 5.36. The number of nitro benzene ring substituents is 1. The van der Waals surface area contributed by atoms with Gasteiger partial charge in [-0.2, -0.15) is 0 Å². The molecule has 0 radical (unpaired) electrons. The molecule has 18 heavy (non-hydrogen) atoms. The van der Waals surface area contributed by atoms with Gasteiger partial charge in [-0.1, -0.05) is 23.4 Å². The van der Waals surface area contributed by atoms with Crippen molar-refractivity contribution in [2.45, 2.75) is 17.9 Å². The Balaban J connectivity index is 2.13. The summed E-state index contributed by atoms with van der Waals surface area (Å²) in [6.07, 6.45) is 0. The molecule has 2 rings (SSSR count). The standard InChI is InChI=1S/C10H8ClN3O3S/c1-6-12-13-10(17-6)18-5-7-4-8(14(15)16)2-3-9(7)11/h2-4H,5H2,1H3. The average molecular weight is 286 g/mol. The minimum Gasteiger partial charge on any atom is -0.416 e. The van der Waals surface area contributed by atoms with E-state index in [0.717, 1.165) is 0 Å². The minimum absolute atomic E-state index is 0.0108. The number of aromatic nitrogens is 2. The molecule has 0 aliphatic rings. The van der Waals surface area contributed by atoms with Gasteiger partial charge < -0.3 is 4.42 Å². The molecule has 0 saturated carbocycles. The predicted molar refractivity (Wildman–Crippen MR) is 66.7 cm³/mol. The molecular weight excluding hydrogens is 278 g/mol. The highest BCUT2D eigenvalue weighted by Gasteiger charge is 2.11. The van der Waals surface area contributed by atoms with Crippen LogP contribution in [0.4, 0.5) is 5.69 Å². The highest BCUT2D eigenvalue weighted by molar-refractivity contribution is 7.98. The maximum absolute atomic E-state index is 10.7. The number of nitro groups is 1. The molecule has 0 bridgehead atoms. The van der Waals surface area contributed by atoms with E-state index in [1.807, 2.05) is 0 Å². The number of rotatable bonds is 4. The van der Waals surface area contributed by atoms with Crippen molar-refractivity contribution in [1.82, 2.24) is 10.2 Å². The third-order valence-electron chi connectivity index (χ3n) is 2.10. The van der Waals surface area contributed by atoms with E-state index < -0.39 is 4.92 Å². The second-order valence-electron chi connectivity index (χ2n) is 3.41. The zero-order valence-corrected chi connectivity index (χ0v) is 10.9. The Morgan fingerprint density at radius 1 is 1.50 bits per heavy atom. The summed E-state index contributed by atoms with van der Waals surface area (Å²) in [4.78, 5) is 10.2. The average Bonchev–Trinajstić information content (AvgIpc) is 2.74. The van der Waals surface area contributed by atoms with E-state index in [0.29, 0.717) is 27.5 Å². The highest BCUT2D eigenvalue weighted by Crippen LogP contribution is 2.28. The van der Waals surface area contributed by atoms with Crippen molar-refractivity contribution >= 4 is 29.1 Å². The first-order chi connectivity index (χ1) is 8.56. The summed E-state index contributed by atoms with van der Waals surface area (Å²) in [5, 5.41) is 19.1.